The van der Waals surface area contributed by atoms with Crippen molar-refractivity contribution in [2.24, 2.45) is 11.8 Å². The Balaban J connectivity index is 1.61. The van der Waals surface area contributed by atoms with Crippen LogP contribution in [0.4, 0.5) is 0 Å². The minimum absolute atomic E-state index is 0.0200. The third-order valence-corrected chi connectivity index (χ3v) is 6.57. The van der Waals surface area contributed by atoms with Gasteiger partial charge in [0.15, 0.2) is 0 Å². The second-order valence-electron chi connectivity index (χ2n) is 7.89. The molecule has 0 amide bonds. The summed E-state index contributed by atoms with van der Waals surface area (Å²) in [6.07, 6.45) is 1.60. The number of rotatable bonds is 1. The number of carbonyl (C=O) groups excluding carboxylic acids is 1. The van der Waals surface area contributed by atoms with Gasteiger partial charge >= 0.3 is 11.9 Å². The van der Waals surface area contributed by atoms with Gasteiger partial charge in [0.25, 0.3) is 0 Å². The molecule has 26 heavy (non-hydrogen) atoms. The van der Waals surface area contributed by atoms with Gasteiger partial charge in [0.1, 0.15) is 12.1 Å². The predicted molar refractivity (Wildman–Crippen MR) is 94.6 cm³/mol. The summed E-state index contributed by atoms with van der Waals surface area (Å²) in [7, 11) is 0. The highest BCUT2D eigenvalue weighted by Gasteiger charge is 2.49. The maximum atomic E-state index is 12.0. The maximum Gasteiger partial charge on any atom is 0.321 e. The second-order valence-corrected chi connectivity index (χ2v) is 7.89. The summed E-state index contributed by atoms with van der Waals surface area (Å²) in [4.78, 5) is 29.6. The zero-order valence-corrected chi connectivity index (χ0v) is 14.6. The monoisotopic (exact) mass is 354 g/mol. The molecule has 2 saturated heterocycles. The summed E-state index contributed by atoms with van der Waals surface area (Å²) in [5.74, 6) is -0.449. The van der Waals surface area contributed by atoms with Crippen LogP contribution in [-0.4, -0.2) is 45.6 Å². The molecule has 5 atom stereocenters. The molecule has 0 spiro atoms. The van der Waals surface area contributed by atoms with Gasteiger partial charge in [-0.05, 0) is 30.9 Å². The molecule has 1 aromatic heterocycles. The third kappa shape index (κ3) is 2.21. The van der Waals surface area contributed by atoms with E-state index in [1.165, 1.54) is 0 Å². The molecule has 0 unspecified atom stereocenters. The highest BCUT2D eigenvalue weighted by molar-refractivity contribution is 5.86. The van der Waals surface area contributed by atoms with E-state index in [-0.39, 0.29) is 30.0 Å². The average molecular weight is 354 g/mol. The lowest BCUT2D eigenvalue weighted by molar-refractivity contribution is -0.171. The molecular weight excluding hydrogens is 332 g/mol. The first-order chi connectivity index (χ1) is 12.5. The van der Waals surface area contributed by atoms with Gasteiger partial charge in [0.05, 0.1) is 6.04 Å². The number of H-pyrrole nitrogens is 1. The van der Waals surface area contributed by atoms with Crippen molar-refractivity contribution in [2.75, 3.05) is 6.54 Å². The van der Waals surface area contributed by atoms with Crippen molar-refractivity contribution in [2.45, 2.75) is 44.4 Å². The number of aromatic amines is 1. The molecule has 4 heterocycles. The van der Waals surface area contributed by atoms with Gasteiger partial charge in [-0.15, -0.1) is 0 Å². The minimum Gasteiger partial charge on any atom is -0.480 e. The Hall–Kier alpha value is -2.34. The standard InChI is InChI=1S/C20H22N2O4/c1-10-14-9-22-16(6-11(14)7-18(23)26-10)19-13(8-17(22)20(24)25)12-4-2-3-5-15(12)21-19/h2-5,10-11,14,16-17,21H,6-9H2,1H3,(H,24,25)/t10-,11-,14-,16+,17-/m1/s1. The van der Waals surface area contributed by atoms with Gasteiger partial charge in [0.2, 0.25) is 0 Å². The third-order valence-electron chi connectivity index (χ3n) is 6.57. The van der Waals surface area contributed by atoms with E-state index < -0.39 is 12.0 Å². The quantitative estimate of drug-likeness (QED) is 0.769. The Morgan fingerprint density at radius 1 is 1.31 bits per heavy atom. The Bertz CT molecular complexity index is 904. The fourth-order valence-electron chi connectivity index (χ4n) is 5.33. The summed E-state index contributed by atoms with van der Waals surface area (Å²) in [5.41, 5.74) is 3.31. The summed E-state index contributed by atoms with van der Waals surface area (Å²) in [6, 6.07) is 7.58. The van der Waals surface area contributed by atoms with Gasteiger partial charge in [-0.1, -0.05) is 18.2 Å². The van der Waals surface area contributed by atoms with Crippen LogP contribution in [0.25, 0.3) is 10.9 Å². The number of nitrogens with one attached hydrogen (secondary N) is 1. The van der Waals surface area contributed by atoms with E-state index in [4.69, 9.17) is 4.74 Å². The van der Waals surface area contributed by atoms with Crippen molar-refractivity contribution in [3.8, 4) is 0 Å². The molecule has 0 radical (unpaired) electrons. The fourth-order valence-corrected chi connectivity index (χ4v) is 5.33. The number of aliphatic carboxylic acids is 1. The van der Waals surface area contributed by atoms with E-state index in [2.05, 4.69) is 16.0 Å². The molecule has 2 aromatic rings. The van der Waals surface area contributed by atoms with E-state index in [0.29, 0.717) is 19.4 Å². The lowest BCUT2D eigenvalue weighted by atomic mass is 9.72. The summed E-state index contributed by atoms with van der Waals surface area (Å²) in [6.45, 7) is 2.60. The molecule has 6 heteroatoms. The molecule has 2 fully saturated rings. The van der Waals surface area contributed by atoms with Crippen LogP contribution in [0.5, 0.6) is 0 Å². The van der Waals surface area contributed by atoms with Crippen LogP contribution in [0.1, 0.15) is 37.1 Å². The zero-order valence-electron chi connectivity index (χ0n) is 14.6. The molecular formula is C20H22N2O4. The van der Waals surface area contributed by atoms with Crippen LogP contribution in [0.15, 0.2) is 24.3 Å². The van der Waals surface area contributed by atoms with E-state index in [0.717, 1.165) is 28.6 Å². The van der Waals surface area contributed by atoms with Gasteiger partial charge in [-0.3, -0.25) is 14.5 Å². The van der Waals surface area contributed by atoms with E-state index in [1.807, 2.05) is 25.1 Å². The molecule has 3 aliphatic rings. The number of aromatic nitrogens is 1. The number of piperidine rings is 1. The number of nitrogens with zero attached hydrogens (tertiary/aromatic N) is 1. The van der Waals surface area contributed by atoms with Gasteiger partial charge in [-0.2, -0.15) is 0 Å². The Kier molecular flexibility index (Phi) is 3.41. The molecule has 0 aliphatic carbocycles. The molecule has 0 saturated carbocycles. The van der Waals surface area contributed by atoms with Crippen LogP contribution in [0.2, 0.25) is 0 Å². The molecule has 136 valence electrons. The van der Waals surface area contributed by atoms with Crippen LogP contribution in [-0.2, 0) is 20.7 Å². The lowest BCUT2D eigenvalue weighted by Gasteiger charge is -2.51. The Morgan fingerprint density at radius 2 is 2.12 bits per heavy atom. The summed E-state index contributed by atoms with van der Waals surface area (Å²) < 4.78 is 5.43. The van der Waals surface area contributed by atoms with Crippen LogP contribution >= 0.6 is 0 Å². The van der Waals surface area contributed by atoms with Crippen molar-refractivity contribution in [1.29, 1.82) is 0 Å². The number of cyclic esters (lactones) is 1. The topological polar surface area (TPSA) is 82.6 Å². The number of para-hydroxylation sites is 1. The SMILES string of the molecule is C[C@H]1OC(=O)C[C@H]2C[C@H]3c4[nH]c5ccccc5c4C[C@H](C(=O)O)N3C[C@@H]21. The van der Waals surface area contributed by atoms with Crippen LogP contribution < -0.4 is 0 Å². The van der Waals surface area contributed by atoms with Crippen LogP contribution in [0.3, 0.4) is 0 Å². The first kappa shape index (κ1) is 15.9. The molecule has 6 nitrogen and oxygen atoms in total. The average Bonchev–Trinajstić information content (AvgIpc) is 2.98. The molecule has 2 N–H and O–H groups in total. The number of carboxylic acid groups (broad SMARTS) is 1. The van der Waals surface area contributed by atoms with Crippen molar-refractivity contribution < 1.29 is 19.4 Å². The molecule has 5 rings (SSSR count). The number of carbonyl (C=O) groups is 2. The molecule has 3 aliphatic heterocycles. The van der Waals surface area contributed by atoms with E-state index >= 15 is 0 Å². The highest BCUT2D eigenvalue weighted by atomic mass is 16.5. The predicted octanol–water partition coefficient (Wildman–Crippen LogP) is 2.49. The summed E-state index contributed by atoms with van der Waals surface area (Å²) >= 11 is 0. The first-order valence-electron chi connectivity index (χ1n) is 9.30. The number of ether oxygens (including phenoxy) is 1. The van der Waals surface area contributed by atoms with Crippen molar-refractivity contribution >= 4 is 22.8 Å². The number of esters is 1. The number of carboxylic acids is 1. The summed E-state index contributed by atoms with van der Waals surface area (Å²) in [5, 5.41) is 11.0. The van der Waals surface area contributed by atoms with Gasteiger partial charge in [-0.25, -0.2) is 0 Å². The van der Waals surface area contributed by atoms with E-state index in [1.54, 1.807) is 0 Å². The van der Waals surface area contributed by atoms with Gasteiger partial charge in [0, 0.05) is 41.9 Å². The first-order valence-corrected chi connectivity index (χ1v) is 9.30. The maximum absolute atomic E-state index is 12.0. The minimum atomic E-state index is -0.773. The fraction of sp³-hybridized carbons (Fsp3) is 0.500. The zero-order chi connectivity index (χ0) is 18.0. The number of hydrogen-bond donors (Lipinski definition) is 2. The molecule has 1 aromatic carbocycles. The van der Waals surface area contributed by atoms with Crippen molar-refractivity contribution in [3.05, 3.63) is 35.5 Å². The van der Waals surface area contributed by atoms with Gasteiger partial charge < -0.3 is 14.8 Å². The molecule has 0 bridgehead atoms. The Morgan fingerprint density at radius 3 is 2.92 bits per heavy atom. The number of fused-ring (bicyclic) bond motifs is 6. The number of hydrogen-bond acceptors (Lipinski definition) is 4. The van der Waals surface area contributed by atoms with Crippen molar-refractivity contribution in [1.82, 2.24) is 9.88 Å². The smallest absolute Gasteiger partial charge is 0.321 e. The lowest BCUT2D eigenvalue weighted by Crippen LogP contribution is -2.57. The Labute approximate surface area is 151 Å². The van der Waals surface area contributed by atoms with E-state index in [9.17, 15) is 14.7 Å². The second kappa shape index (κ2) is 5.58. The largest absolute Gasteiger partial charge is 0.480 e. The van der Waals surface area contributed by atoms with Crippen LogP contribution in [0, 0.1) is 11.8 Å². The highest BCUT2D eigenvalue weighted by Crippen LogP contribution is 2.48. The normalized spacial score (nSPS) is 33.9. The number of benzene rings is 1. The van der Waals surface area contributed by atoms with Crippen molar-refractivity contribution in [3.63, 3.8) is 0 Å².